The predicted molar refractivity (Wildman–Crippen MR) is 85.1 cm³/mol. The van der Waals surface area contributed by atoms with Gasteiger partial charge in [-0.1, -0.05) is 6.42 Å². The number of fused-ring (bicyclic) bond motifs is 1. The van der Waals surface area contributed by atoms with Crippen molar-refractivity contribution < 1.29 is 9.47 Å². The van der Waals surface area contributed by atoms with E-state index in [1.807, 2.05) is 26.0 Å². The summed E-state index contributed by atoms with van der Waals surface area (Å²) in [7, 11) is 0. The van der Waals surface area contributed by atoms with E-state index < -0.39 is 5.79 Å². The highest BCUT2D eigenvalue weighted by Gasteiger charge is 2.31. The molecule has 21 heavy (non-hydrogen) atoms. The van der Waals surface area contributed by atoms with E-state index in [0.717, 1.165) is 30.2 Å². The lowest BCUT2D eigenvalue weighted by atomic mass is 9.98. The van der Waals surface area contributed by atoms with E-state index in [2.05, 4.69) is 23.6 Å². The fourth-order valence-corrected chi connectivity index (χ4v) is 3.21. The average molecular weight is 290 g/mol. The van der Waals surface area contributed by atoms with Gasteiger partial charge >= 0.3 is 0 Å². The van der Waals surface area contributed by atoms with E-state index in [9.17, 15) is 0 Å². The van der Waals surface area contributed by atoms with Gasteiger partial charge in [-0.05, 0) is 44.9 Å². The molecule has 1 fully saturated rings. The third-order valence-corrected chi connectivity index (χ3v) is 4.12. The van der Waals surface area contributed by atoms with Crippen LogP contribution in [0.15, 0.2) is 18.2 Å². The molecule has 2 aliphatic rings. The maximum absolute atomic E-state index is 5.79. The molecule has 1 aromatic rings. The number of rotatable bonds is 4. The number of piperidine rings is 1. The molecule has 2 atom stereocenters. The van der Waals surface area contributed by atoms with Gasteiger partial charge in [0, 0.05) is 37.7 Å². The van der Waals surface area contributed by atoms with Gasteiger partial charge in [-0.25, -0.2) is 0 Å². The number of hydrogen-bond donors (Lipinski definition) is 2. The van der Waals surface area contributed by atoms with Gasteiger partial charge in [0.1, 0.15) is 0 Å². The molecule has 4 nitrogen and oxygen atoms in total. The summed E-state index contributed by atoms with van der Waals surface area (Å²) in [4.78, 5) is 0. The average Bonchev–Trinajstić information content (AvgIpc) is 2.73. The summed E-state index contributed by atoms with van der Waals surface area (Å²) in [6, 6.07) is 7.17. The zero-order valence-electron chi connectivity index (χ0n) is 13.2. The Morgan fingerprint density at radius 1 is 1.29 bits per heavy atom. The van der Waals surface area contributed by atoms with Crippen molar-refractivity contribution >= 4 is 5.69 Å². The quantitative estimate of drug-likeness (QED) is 0.890. The van der Waals surface area contributed by atoms with Gasteiger partial charge in [-0.2, -0.15) is 0 Å². The van der Waals surface area contributed by atoms with Crippen LogP contribution in [0, 0.1) is 0 Å². The lowest BCUT2D eigenvalue weighted by Crippen LogP contribution is -2.37. The Kier molecular flexibility index (Phi) is 3.98. The van der Waals surface area contributed by atoms with Gasteiger partial charge in [0.05, 0.1) is 0 Å². The maximum atomic E-state index is 5.79. The number of anilines is 1. The van der Waals surface area contributed by atoms with Crippen LogP contribution in [0.1, 0.15) is 46.5 Å². The molecule has 0 saturated carbocycles. The summed E-state index contributed by atoms with van der Waals surface area (Å²) in [6.45, 7) is 7.26. The molecule has 0 amide bonds. The third kappa shape index (κ3) is 3.62. The second-order valence-corrected chi connectivity index (χ2v) is 6.69. The molecule has 1 saturated heterocycles. The van der Waals surface area contributed by atoms with E-state index in [1.165, 1.54) is 19.3 Å². The molecule has 2 unspecified atom stereocenters. The van der Waals surface area contributed by atoms with Crippen LogP contribution < -0.4 is 20.1 Å². The van der Waals surface area contributed by atoms with Crippen LogP contribution in [0.2, 0.25) is 0 Å². The topological polar surface area (TPSA) is 42.5 Å². The SMILES string of the molecule is CC(CC1CCCCN1)Nc1ccc2c(c1)OC(C)(C)O2. The van der Waals surface area contributed by atoms with Gasteiger partial charge in [0.25, 0.3) is 0 Å². The van der Waals surface area contributed by atoms with Crippen LogP contribution in [0.4, 0.5) is 5.69 Å². The maximum Gasteiger partial charge on any atom is 0.246 e. The molecule has 2 aliphatic heterocycles. The molecule has 0 aromatic heterocycles. The summed E-state index contributed by atoms with van der Waals surface area (Å²) in [5.74, 6) is 1.10. The predicted octanol–water partition coefficient (Wildman–Crippen LogP) is 3.53. The van der Waals surface area contributed by atoms with Crippen molar-refractivity contribution in [3.8, 4) is 11.5 Å². The van der Waals surface area contributed by atoms with E-state index >= 15 is 0 Å². The molecule has 116 valence electrons. The van der Waals surface area contributed by atoms with Crippen LogP contribution in [0.5, 0.6) is 11.5 Å². The summed E-state index contributed by atoms with van der Waals surface area (Å²) in [5, 5.41) is 7.17. The van der Waals surface area contributed by atoms with Crippen LogP contribution in [-0.4, -0.2) is 24.4 Å². The van der Waals surface area contributed by atoms with E-state index in [1.54, 1.807) is 0 Å². The standard InChI is InChI=1S/C17H26N2O2/c1-12(10-13-6-4-5-9-18-13)19-14-7-8-15-16(11-14)21-17(2,3)20-15/h7-8,11-13,18-19H,4-6,9-10H2,1-3H3. The van der Waals surface area contributed by atoms with Crippen LogP contribution >= 0.6 is 0 Å². The molecule has 0 aliphatic carbocycles. The Labute approximate surface area is 127 Å². The Bertz CT molecular complexity index is 496. The molecular formula is C17H26N2O2. The first-order valence-electron chi connectivity index (χ1n) is 8.04. The van der Waals surface area contributed by atoms with Gasteiger partial charge in [-0.15, -0.1) is 0 Å². The van der Waals surface area contributed by atoms with Crippen molar-refractivity contribution in [2.24, 2.45) is 0 Å². The Morgan fingerprint density at radius 3 is 2.86 bits per heavy atom. The Hall–Kier alpha value is -1.42. The van der Waals surface area contributed by atoms with Crippen molar-refractivity contribution in [1.82, 2.24) is 5.32 Å². The lowest BCUT2D eigenvalue weighted by molar-refractivity contribution is -0.0431. The minimum Gasteiger partial charge on any atom is -0.449 e. The van der Waals surface area contributed by atoms with E-state index in [4.69, 9.17) is 9.47 Å². The Balaban J connectivity index is 1.58. The van der Waals surface area contributed by atoms with Crippen molar-refractivity contribution in [3.63, 3.8) is 0 Å². The van der Waals surface area contributed by atoms with E-state index in [0.29, 0.717) is 12.1 Å². The molecule has 0 spiro atoms. The monoisotopic (exact) mass is 290 g/mol. The summed E-state index contributed by atoms with van der Waals surface area (Å²) in [6.07, 6.45) is 5.11. The molecular weight excluding hydrogens is 264 g/mol. The van der Waals surface area contributed by atoms with Gasteiger partial charge in [0.2, 0.25) is 5.79 Å². The minimum atomic E-state index is -0.557. The van der Waals surface area contributed by atoms with E-state index in [-0.39, 0.29) is 0 Å². The summed E-state index contributed by atoms with van der Waals surface area (Å²) < 4.78 is 11.5. The normalized spacial score (nSPS) is 24.6. The third-order valence-electron chi connectivity index (χ3n) is 4.12. The first kappa shape index (κ1) is 14.5. The van der Waals surface area contributed by atoms with Crippen molar-refractivity contribution in [1.29, 1.82) is 0 Å². The second-order valence-electron chi connectivity index (χ2n) is 6.69. The number of nitrogens with one attached hydrogen (secondary N) is 2. The number of ether oxygens (including phenoxy) is 2. The number of hydrogen-bond acceptors (Lipinski definition) is 4. The molecule has 1 aromatic carbocycles. The Morgan fingerprint density at radius 2 is 2.10 bits per heavy atom. The fourth-order valence-electron chi connectivity index (χ4n) is 3.21. The van der Waals surface area contributed by atoms with Gasteiger partial charge in [0.15, 0.2) is 11.5 Å². The van der Waals surface area contributed by atoms with Gasteiger partial charge < -0.3 is 20.1 Å². The number of benzene rings is 1. The summed E-state index contributed by atoms with van der Waals surface area (Å²) >= 11 is 0. The molecule has 0 radical (unpaired) electrons. The molecule has 3 rings (SSSR count). The highest BCUT2D eigenvalue weighted by molar-refractivity contribution is 5.56. The molecule has 0 bridgehead atoms. The fraction of sp³-hybridized carbons (Fsp3) is 0.647. The zero-order valence-corrected chi connectivity index (χ0v) is 13.2. The lowest BCUT2D eigenvalue weighted by Gasteiger charge is -2.27. The molecule has 2 heterocycles. The molecule has 4 heteroatoms. The van der Waals surface area contributed by atoms with Crippen molar-refractivity contribution in [2.45, 2.75) is 64.3 Å². The minimum absolute atomic E-state index is 0.439. The largest absolute Gasteiger partial charge is 0.449 e. The first-order chi connectivity index (χ1) is 10.0. The zero-order chi connectivity index (χ0) is 14.9. The second kappa shape index (κ2) is 5.76. The summed E-state index contributed by atoms with van der Waals surface area (Å²) in [5.41, 5.74) is 1.10. The first-order valence-corrected chi connectivity index (χ1v) is 8.04. The van der Waals surface area contributed by atoms with Crippen LogP contribution in [0.3, 0.4) is 0 Å². The van der Waals surface area contributed by atoms with Crippen molar-refractivity contribution in [3.05, 3.63) is 18.2 Å². The highest BCUT2D eigenvalue weighted by Crippen LogP contribution is 2.40. The molecule has 2 N–H and O–H groups in total. The van der Waals surface area contributed by atoms with Crippen LogP contribution in [0.25, 0.3) is 0 Å². The van der Waals surface area contributed by atoms with Crippen molar-refractivity contribution in [2.75, 3.05) is 11.9 Å². The smallest absolute Gasteiger partial charge is 0.246 e. The van der Waals surface area contributed by atoms with Gasteiger partial charge in [-0.3, -0.25) is 0 Å². The van der Waals surface area contributed by atoms with Crippen LogP contribution in [-0.2, 0) is 0 Å². The highest BCUT2D eigenvalue weighted by atomic mass is 16.7.